The number of halogens is 1. The van der Waals surface area contributed by atoms with Gasteiger partial charge in [0.2, 0.25) is 5.75 Å². The Morgan fingerprint density at radius 2 is 2.00 bits per heavy atom. The number of aryl methyl sites for hydroxylation is 1. The van der Waals surface area contributed by atoms with Crippen LogP contribution in [0.1, 0.15) is 21.9 Å². The average molecular weight is 291 g/mol. The molecule has 0 radical (unpaired) electrons. The van der Waals surface area contributed by atoms with Crippen LogP contribution in [-0.2, 0) is 13.6 Å². The summed E-state index contributed by atoms with van der Waals surface area (Å²) in [6.45, 7) is 1.69. The van der Waals surface area contributed by atoms with Crippen molar-refractivity contribution in [1.82, 2.24) is 14.9 Å². The smallest absolute Gasteiger partial charge is 0.296 e. The van der Waals surface area contributed by atoms with E-state index >= 15 is 0 Å². The molecule has 2 N–H and O–H groups in total. The van der Waals surface area contributed by atoms with E-state index in [0.29, 0.717) is 11.4 Å². The number of aromatic nitrogens is 2. The third kappa shape index (κ3) is 3.07. The lowest BCUT2D eigenvalue weighted by Crippen LogP contribution is -2.29. The first-order valence-corrected chi connectivity index (χ1v) is 6.19. The molecule has 2 rings (SSSR count). The van der Waals surface area contributed by atoms with Crippen molar-refractivity contribution in [3.05, 3.63) is 57.5 Å². The first-order chi connectivity index (χ1) is 9.90. The van der Waals surface area contributed by atoms with E-state index in [9.17, 15) is 19.1 Å². The fourth-order valence-corrected chi connectivity index (χ4v) is 1.72. The van der Waals surface area contributed by atoms with Gasteiger partial charge in [0.1, 0.15) is 11.6 Å². The van der Waals surface area contributed by atoms with E-state index in [4.69, 9.17) is 0 Å². The Kier molecular flexibility index (Phi) is 4.02. The third-order valence-electron chi connectivity index (χ3n) is 3.07. The van der Waals surface area contributed by atoms with E-state index in [1.165, 1.54) is 31.3 Å². The molecule has 2 aromatic rings. The topological polar surface area (TPSA) is 84.2 Å². The van der Waals surface area contributed by atoms with Crippen LogP contribution in [-0.4, -0.2) is 20.6 Å². The number of hydrogen-bond donors (Lipinski definition) is 2. The van der Waals surface area contributed by atoms with Crippen LogP contribution < -0.4 is 10.9 Å². The van der Waals surface area contributed by atoms with Crippen molar-refractivity contribution in [2.45, 2.75) is 13.5 Å². The molecule has 0 saturated carbocycles. The fourth-order valence-electron chi connectivity index (χ4n) is 1.72. The number of carbonyl (C=O) groups excluding carboxylic acids is 1. The van der Waals surface area contributed by atoms with Crippen molar-refractivity contribution in [1.29, 1.82) is 0 Å². The van der Waals surface area contributed by atoms with Crippen LogP contribution in [0.2, 0.25) is 0 Å². The van der Waals surface area contributed by atoms with Crippen molar-refractivity contribution in [3.63, 3.8) is 0 Å². The number of amides is 1. The summed E-state index contributed by atoms with van der Waals surface area (Å²) in [4.78, 5) is 27.5. The van der Waals surface area contributed by atoms with Gasteiger partial charge in [0.15, 0.2) is 5.69 Å². The Morgan fingerprint density at radius 3 is 2.62 bits per heavy atom. The molecule has 21 heavy (non-hydrogen) atoms. The van der Waals surface area contributed by atoms with Gasteiger partial charge >= 0.3 is 0 Å². The van der Waals surface area contributed by atoms with Gasteiger partial charge < -0.3 is 10.4 Å². The lowest BCUT2D eigenvalue weighted by Gasteiger charge is -2.09. The molecule has 7 heteroatoms. The molecule has 0 unspecified atom stereocenters. The first kappa shape index (κ1) is 14.7. The molecule has 0 aliphatic rings. The molecule has 0 aliphatic carbocycles. The second-order valence-electron chi connectivity index (χ2n) is 4.53. The van der Waals surface area contributed by atoms with Crippen LogP contribution in [0.5, 0.6) is 5.75 Å². The summed E-state index contributed by atoms with van der Waals surface area (Å²) < 4.78 is 13.9. The predicted molar refractivity (Wildman–Crippen MR) is 73.5 cm³/mol. The van der Waals surface area contributed by atoms with Crippen molar-refractivity contribution < 1.29 is 14.3 Å². The van der Waals surface area contributed by atoms with Gasteiger partial charge in [-0.1, -0.05) is 12.1 Å². The SMILES string of the molecule is Cc1nc(C(=O)NCc2ccc(F)cc2)c(O)c(=O)n1C. The molecular weight excluding hydrogens is 277 g/mol. The second kappa shape index (κ2) is 5.74. The summed E-state index contributed by atoms with van der Waals surface area (Å²) in [7, 11) is 1.45. The molecule has 6 nitrogen and oxygen atoms in total. The van der Waals surface area contributed by atoms with Crippen LogP contribution in [0.15, 0.2) is 29.1 Å². The summed E-state index contributed by atoms with van der Waals surface area (Å²) >= 11 is 0. The van der Waals surface area contributed by atoms with Crippen LogP contribution in [0.3, 0.4) is 0 Å². The van der Waals surface area contributed by atoms with Crippen LogP contribution in [0.4, 0.5) is 4.39 Å². The highest BCUT2D eigenvalue weighted by atomic mass is 19.1. The maximum atomic E-state index is 12.8. The van der Waals surface area contributed by atoms with Crippen molar-refractivity contribution in [2.75, 3.05) is 0 Å². The van der Waals surface area contributed by atoms with Crippen molar-refractivity contribution in [2.24, 2.45) is 7.05 Å². The maximum absolute atomic E-state index is 12.8. The van der Waals surface area contributed by atoms with Gasteiger partial charge in [-0.05, 0) is 24.6 Å². The van der Waals surface area contributed by atoms with Gasteiger partial charge in [-0.25, -0.2) is 9.37 Å². The zero-order valence-electron chi connectivity index (χ0n) is 11.6. The number of hydrogen-bond acceptors (Lipinski definition) is 4. The summed E-state index contributed by atoms with van der Waals surface area (Å²) in [5.74, 6) is -1.42. The second-order valence-corrected chi connectivity index (χ2v) is 4.53. The average Bonchev–Trinajstić information content (AvgIpc) is 2.48. The molecule has 1 amide bonds. The highest BCUT2D eigenvalue weighted by molar-refractivity contribution is 5.94. The zero-order chi connectivity index (χ0) is 15.6. The lowest BCUT2D eigenvalue weighted by atomic mass is 10.2. The van der Waals surface area contributed by atoms with E-state index in [0.717, 1.165) is 4.57 Å². The molecule has 0 atom stereocenters. The Labute approximate surface area is 119 Å². The highest BCUT2D eigenvalue weighted by Gasteiger charge is 2.18. The van der Waals surface area contributed by atoms with Crippen LogP contribution >= 0.6 is 0 Å². The minimum atomic E-state index is -0.695. The van der Waals surface area contributed by atoms with Gasteiger partial charge in [-0.3, -0.25) is 14.2 Å². The summed E-state index contributed by atoms with van der Waals surface area (Å²) in [5, 5.41) is 12.2. The van der Waals surface area contributed by atoms with E-state index < -0.39 is 17.2 Å². The number of carbonyl (C=O) groups is 1. The molecular formula is C14H14FN3O3. The predicted octanol–water partition coefficient (Wildman–Crippen LogP) is 0.863. The molecule has 0 spiro atoms. The largest absolute Gasteiger partial charge is 0.501 e. The molecule has 0 fully saturated rings. The van der Waals surface area contributed by atoms with Crippen molar-refractivity contribution in [3.8, 4) is 5.75 Å². The van der Waals surface area contributed by atoms with E-state index in [2.05, 4.69) is 10.3 Å². The Bertz CT molecular complexity index is 738. The first-order valence-electron chi connectivity index (χ1n) is 6.19. The summed E-state index contributed by atoms with van der Waals surface area (Å²) in [6, 6.07) is 5.61. The molecule has 1 aromatic carbocycles. The van der Waals surface area contributed by atoms with Crippen molar-refractivity contribution >= 4 is 5.91 Å². The molecule has 1 heterocycles. The van der Waals surface area contributed by atoms with Gasteiger partial charge in [-0.15, -0.1) is 0 Å². The number of aromatic hydroxyl groups is 1. The van der Waals surface area contributed by atoms with Gasteiger partial charge in [0.25, 0.3) is 11.5 Å². The van der Waals surface area contributed by atoms with Crippen LogP contribution in [0.25, 0.3) is 0 Å². The standard InChI is InChI=1S/C14H14FN3O3/c1-8-17-11(12(19)14(21)18(8)2)13(20)16-7-9-3-5-10(15)6-4-9/h3-6,19H,7H2,1-2H3,(H,16,20). The lowest BCUT2D eigenvalue weighted by molar-refractivity contribution is 0.0942. The summed E-state index contributed by atoms with van der Waals surface area (Å²) in [5.41, 5.74) is -0.322. The number of benzene rings is 1. The Hall–Kier alpha value is -2.70. The highest BCUT2D eigenvalue weighted by Crippen LogP contribution is 2.09. The Balaban J connectivity index is 2.18. The number of nitrogens with zero attached hydrogens (tertiary/aromatic N) is 2. The molecule has 0 aliphatic heterocycles. The van der Waals surface area contributed by atoms with Gasteiger partial charge in [-0.2, -0.15) is 0 Å². The van der Waals surface area contributed by atoms with E-state index in [1.807, 2.05) is 0 Å². The molecule has 0 bridgehead atoms. The number of nitrogens with one attached hydrogen (secondary N) is 1. The van der Waals surface area contributed by atoms with E-state index in [-0.39, 0.29) is 18.1 Å². The van der Waals surface area contributed by atoms with Gasteiger partial charge in [0, 0.05) is 13.6 Å². The summed E-state index contributed by atoms with van der Waals surface area (Å²) in [6.07, 6.45) is 0. The van der Waals surface area contributed by atoms with E-state index in [1.54, 1.807) is 6.92 Å². The quantitative estimate of drug-likeness (QED) is 0.878. The molecule has 1 aromatic heterocycles. The number of rotatable bonds is 3. The minimum absolute atomic E-state index is 0.133. The maximum Gasteiger partial charge on any atom is 0.296 e. The van der Waals surface area contributed by atoms with Crippen LogP contribution in [0, 0.1) is 12.7 Å². The zero-order valence-corrected chi connectivity index (χ0v) is 11.6. The third-order valence-corrected chi connectivity index (χ3v) is 3.07. The van der Waals surface area contributed by atoms with Gasteiger partial charge in [0.05, 0.1) is 0 Å². The minimum Gasteiger partial charge on any atom is -0.501 e. The normalized spacial score (nSPS) is 10.4. The fraction of sp³-hybridized carbons (Fsp3) is 0.214. The molecule has 110 valence electrons. The Morgan fingerprint density at radius 1 is 1.38 bits per heavy atom. The molecule has 0 saturated heterocycles. The monoisotopic (exact) mass is 291 g/mol.